The SMILES string of the molecule is CCC1(CC)CC(NC(=O)COc2ccccc2F)c2ccccc2O1. The Kier molecular flexibility index (Phi) is 5.45. The maximum Gasteiger partial charge on any atom is 0.258 e. The first-order valence-corrected chi connectivity index (χ1v) is 9.01. The molecule has 3 rings (SSSR count). The lowest BCUT2D eigenvalue weighted by Crippen LogP contribution is -2.45. The van der Waals surface area contributed by atoms with Crippen LogP contribution in [0.3, 0.4) is 0 Å². The van der Waals surface area contributed by atoms with Crippen LogP contribution in [-0.2, 0) is 4.79 Å². The van der Waals surface area contributed by atoms with Gasteiger partial charge in [0.25, 0.3) is 5.91 Å². The zero-order valence-corrected chi connectivity index (χ0v) is 15.1. The predicted molar refractivity (Wildman–Crippen MR) is 97.8 cm³/mol. The Morgan fingerprint density at radius 1 is 1.19 bits per heavy atom. The highest BCUT2D eigenvalue weighted by atomic mass is 19.1. The van der Waals surface area contributed by atoms with E-state index in [4.69, 9.17) is 9.47 Å². The normalized spacial score (nSPS) is 17.7. The summed E-state index contributed by atoms with van der Waals surface area (Å²) in [5.41, 5.74) is 0.669. The second-order valence-electron chi connectivity index (χ2n) is 6.57. The van der Waals surface area contributed by atoms with E-state index in [9.17, 15) is 9.18 Å². The Morgan fingerprint density at radius 3 is 2.62 bits per heavy atom. The molecule has 2 aromatic rings. The average Bonchev–Trinajstić information content (AvgIpc) is 2.67. The van der Waals surface area contributed by atoms with Crippen molar-refractivity contribution in [3.05, 3.63) is 59.9 Å². The lowest BCUT2D eigenvalue weighted by Gasteiger charge is -2.41. The number of para-hydroxylation sites is 2. The van der Waals surface area contributed by atoms with E-state index in [1.165, 1.54) is 12.1 Å². The number of benzene rings is 2. The number of amides is 1. The lowest BCUT2D eigenvalue weighted by molar-refractivity contribution is -0.124. The standard InChI is InChI=1S/C21H24FNO3/c1-3-21(4-2)13-17(15-9-5-7-11-18(15)26-21)23-20(24)14-25-19-12-8-6-10-16(19)22/h5-12,17H,3-4,13-14H2,1-2H3,(H,23,24). The highest BCUT2D eigenvalue weighted by Crippen LogP contribution is 2.42. The molecule has 4 nitrogen and oxygen atoms in total. The number of carbonyl (C=O) groups is 1. The van der Waals surface area contributed by atoms with Crippen LogP contribution in [0.25, 0.3) is 0 Å². The summed E-state index contributed by atoms with van der Waals surface area (Å²) < 4.78 is 25.2. The van der Waals surface area contributed by atoms with Gasteiger partial charge in [0.1, 0.15) is 11.4 Å². The van der Waals surface area contributed by atoms with Crippen molar-refractivity contribution < 1.29 is 18.7 Å². The zero-order valence-electron chi connectivity index (χ0n) is 15.1. The van der Waals surface area contributed by atoms with Crippen LogP contribution in [0.4, 0.5) is 4.39 Å². The van der Waals surface area contributed by atoms with Gasteiger partial charge in [-0.1, -0.05) is 44.2 Å². The minimum Gasteiger partial charge on any atom is -0.487 e. The van der Waals surface area contributed by atoms with Crippen LogP contribution in [0.15, 0.2) is 48.5 Å². The smallest absolute Gasteiger partial charge is 0.258 e. The van der Waals surface area contributed by atoms with Crippen LogP contribution in [0.2, 0.25) is 0 Å². The van der Waals surface area contributed by atoms with Gasteiger partial charge in [-0.05, 0) is 31.0 Å². The Hall–Kier alpha value is -2.56. The van der Waals surface area contributed by atoms with Crippen LogP contribution >= 0.6 is 0 Å². The number of ether oxygens (including phenoxy) is 2. The highest BCUT2D eigenvalue weighted by Gasteiger charge is 2.38. The van der Waals surface area contributed by atoms with Crippen LogP contribution < -0.4 is 14.8 Å². The molecule has 1 atom stereocenters. The summed E-state index contributed by atoms with van der Waals surface area (Å²) in [7, 11) is 0. The first kappa shape index (κ1) is 18.2. The van der Waals surface area contributed by atoms with Crippen molar-refractivity contribution in [2.75, 3.05) is 6.61 Å². The molecule has 0 bridgehead atoms. The summed E-state index contributed by atoms with van der Waals surface area (Å²) in [5, 5.41) is 3.02. The van der Waals surface area contributed by atoms with Crippen molar-refractivity contribution in [1.82, 2.24) is 5.32 Å². The molecular weight excluding hydrogens is 333 g/mol. The fraction of sp³-hybridized carbons (Fsp3) is 0.381. The number of carbonyl (C=O) groups excluding carboxylic acids is 1. The number of halogens is 1. The van der Waals surface area contributed by atoms with Crippen molar-refractivity contribution in [2.24, 2.45) is 0 Å². The zero-order chi connectivity index (χ0) is 18.6. The van der Waals surface area contributed by atoms with E-state index in [-0.39, 0.29) is 29.9 Å². The van der Waals surface area contributed by atoms with Gasteiger partial charge in [0, 0.05) is 12.0 Å². The molecule has 0 saturated heterocycles. The number of nitrogens with one attached hydrogen (secondary N) is 1. The maximum atomic E-state index is 13.6. The molecule has 1 heterocycles. The molecule has 0 radical (unpaired) electrons. The molecule has 1 N–H and O–H groups in total. The van der Waals surface area contributed by atoms with Crippen molar-refractivity contribution in [1.29, 1.82) is 0 Å². The fourth-order valence-electron chi connectivity index (χ4n) is 3.37. The van der Waals surface area contributed by atoms with Gasteiger partial charge in [0.15, 0.2) is 18.2 Å². The second kappa shape index (κ2) is 7.77. The molecule has 26 heavy (non-hydrogen) atoms. The summed E-state index contributed by atoms with van der Waals surface area (Å²) in [5.74, 6) is 0.123. The number of fused-ring (bicyclic) bond motifs is 1. The molecule has 138 valence electrons. The Balaban J connectivity index is 1.71. The van der Waals surface area contributed by atoms with Crippen LogP contribution in [-0.4, -0.2) is 18.1 Å². The number of rotatable bonds is 6. The lowest BCUT2D eigenvalue weighted by atomic mass is 9.83. The molecule has 1 aliphatic heterocycles. The molecule has 1 aliphatic rings. The van der Waals surface area contributed by atoms with E-state index in [2.05, 4.69) is 19.2 Å². The first-order valence-electron chi connectivity index (χ1n) is 9.01. The van der Waals surface area contributed by atoms with Gasteiger partial charge in [-0.3, -0.25) is 4.79 Å². The maximum absolute atomic E-state index is 13.6. The monoisotopic (exact) mass is 357 g/mol. The van der Waals surface area contributed by atoms with Crippen molar-refractivity contribution in [2.45, 2.75) is 44.8 Å². The fourth-order valence-corrected chi connectivity index (χ4v) is 3.37. The van der Waals surface area contributed by atoms with Crippen LogP contribution in [0.1, 0.15) is 44.7 Å². The first-order chi connectivity index (χ1) is 12.6. The van der Waals surface area contributed by atoms with Gasteiger partial charge in [0.2, 0.25) is 0 Å². The van der Waals surface area contributed by atoms with E-state index in [0.29, 0.717) is 6.42 Å². The van der Waals surface area contributed by atoms with E-state index in [0.717, 1.165) is 24.2 Å². The summed E-state index contributed by atoms with van der Waals surface area (Å²) >= 11 is 0. The molecule has 2 aromatic carbocycles. The van der Waals surface area contributed by atoms with Crippen molar-refractivity contribution in [3.63, 3.8) is 0 Å². The minimum atomic E-state index is -0.479. The van der Waals surface area contributed by atoms with Crippen LogP contribution in [0.5, 0.6) is 11.5 Å². The molecule has 1 amide bonds. The third-order valence-electron chi connectivity index (χ3n) is 5.02. The van der Waals surface area contributed by atoms with Gasteiger partial charge in [0.05, 0.1) is 6.04 Å². The Bertz CT molecular complexity index is 773. The number of hydrogen-bond acceptors (Lipinski definition) is 3. The van der Waals surface area contributed by atoms with E-state index >= 15 is 0 Å². The average molecular weight is 357 g/mol. The second-order valence-corrected chi connectivity index (χ2v) is 6.57. The Labute approximate surface area is 153 Å². The van der Waals surface area contributed by atoms with Gasteiger partial charge in [-0.25, -0.2) is 4.39 Å². The predicted octanol–water partition coefficient (Wildman–Crippen LogP) is 4.40. The molecular formula is C21H24FNO3. The summed E-state index contributed by atoms with van der Waals surface area (Å²) in [6.45, 7) is 3.96. The van der Waals surface area contributed by atoms with Gasteiger partial charge in [-0.2, -0.15) is 0 Å². The molecule has 0 spiro atoms. The third kappa shape index (κ3) is 3.82. The van der Waals surface area contributed by atoms with Crippen LogP contribution in [0, 0.1) is 5.82 Å². The topological polar surface area (TPSA) is 47.6 Å². The summed E-state index contributed by atoms with van der Waals surface area (Å²) in [4.78, 5) is 12.4. The summed E-state index contributed by atoms with van der Waals surface area (Å²) in [6, 6.07) is 13.7. The highest BCUT2D eigenvalue weighted by molar-refractivity contribution is 5.78. The molecule has 5 heteroatoms. The van der Waals surface area contributed by atoms with E-state index in [1.807, 2.05) is 24.3 Å². The largest absolute Gasteiger partial charge is 0.487 e. The Morgan fingerprint density at radius 2 is 1.88 bits per heavy atom. The van der Waals surface area contributed by atoms with E-state index < -0.39 is 5.82 Å². The molecule has 0 saturated carbocycles. The molecule has 0 aliphatic carbocycles. The van der Waals surface area contributed by atoms with Crippen molar-refractivity contribution >= 4 is 5.91 Å². The number of hydrogen-bond donors (Lipinski definition) is 1. The minimum absolute atomic E-state index is 0.0755. The third-order valence-corrected chi connectivity index (χ3v) is 5.02. The van der Waals surface area contributed by atoms with Gasteiger partial charge in [-0.15, -0.1) is 0 Å². The quantitative estimate of drug-likeness (QED) is 0.833. The van der Waals surface area contributed by atoms with Gasteiger partial charge >= 0.3 is 0 Å². The summed E-state index contributed by atoms with van der Waals surface area (Å²) in [6.07, 6.45) is 2.41. The van der Waals surface area contributed by atoms with Gasteiger partial charge < -0.3 is 14.8 Å². The van der Waals surface area contributed by atoms with E-state index in [1.54, 1.807) is 12.1 Å². The van der Waals surface area contributed by atoms with Crippen molar-refractivity contribution in [3.8, 4) is 11.5 Å². The molecule has 0 aromatic heterocycles. The molecule has 1 unspecified atom stereocenters. The molecule has 0 fully saturated rings.